The van der Waals surface area contributed by atoms with Crippen LogP contribution in [-0.2, 0) is 36.9 Å². The van der Waals surface area contributed by atoms with Gasteiger partial charge in [-0.15, -0.1) is 0 Å². The predicted octanol–water partition coefficient (Wildman–Crippen LogP) is 6.79. The number of rotatable bonds is 15. The maximum Gasteiger partial charge on any atom is 0.245 e. The van der Waals surface area contributed by atoms with Gasteiger partial charge in [0.05, 0.1) is 30.8 Å². The topological polar surface area (TPSA) is 124 Å². The van der Waals surface area contributed by atoms with Gasteiger partial charge in [0.2, 0.25) is 5.91 Å². The van der Waals surface area contributed by atoms with Gasteiger partial charge in [-0.05, 0) is 104 Å². The van der Waals surface area contributed by atoms with Gasteiger partial charge in [-0.25, -0.2) is 9.37 Å². The lowest BCUT2D eigenvalue weighted by Crippen LogP contribution is -2.55. The molecule has 0 saturated carbocycles. The molecule has 1 heterocycles. The van der Waals surface area contributed by atoms with E-state index in [1.807, 2.05) is 118 Å². The third kappa shape index (κ3) is 19.8. The molecule has 0 fully saturated rings. The fourth-order valence-corrected chi connectivity index (χ4v) is 4.27. The van der Waals surface area contributed by atoms with Crippen molar-refractivity contribution in [3.63, 3.8) is 0 Å². The van der Waals surface area contributed by atoms with Gasteiger partial charge >= 0.3 is 0 Å². The highest BCUT2D eigenvalue weighted by molar-refractivity contribution is 5.91. The molecule has 0 aliphatic carbocycles. The van der Waals surface area contributed by atoms with Crippen LogP contribution in [-0.4, -0.2) is 72.0 Å². The number of carbonyl (C=O) groups is 3. The number of nitrogens with zero attached hydrogens (tertiary/aromatic N) is 2. The van der Waals surface area contributed by atoms with E-state index in [4.69, 9.17) is 9.47 Å². The van der Waals surface area contributed by atoms with Crippen LogP contribution in [0.15, 0.2) is 110 Å². The molecule has 2 unspecified atom stereocenters. The summed E-state index contributed by atoms with van der Waals surface area (Å²) in [6, 6.07) is 25.0. The van der Waals surface area contributed by atoms with Crippen LogP contribution in [0.5, 0.6) is 0 Å². The minimum atomic E-state index is -0.838. The first-order valence-corrected chi connectivity index (χ1v) is 17.8. The summed E-state index contributed by atoms with van der Waals surface area (Å²) in [7, 11) is 3.61. The first kappa shape index (κ1) is 47.1. The number of imidazole rings is 1. The zero-order valence-electron chi connectivity index (χ0n) is 33.4. The van der Waals surface area contributed by atoms with Crippen molar-refractivity contribution in [1.29, 1.82) is 0 Å². The number of amides is 1. The Bertz CT molecular complexity index is 1640. The summed E-state index contributed by atoms with van der Waals surface area (Å²) in [5, 5.41) is 8.59. The first-order valence-electron chi connectivity index (χ1n) is 17.8. The molecule has 4 rings (SSSR count). The highest BCUT2D eigenvalue weighted by atomic mass is 19.1. The van der Waals surface area contributed by atoms with E-state index < -0.39 is 11.6 Å². The number of benzene rings is 3. The zero-order valence-corrected chi connectivity index (χ0v) is 33.4. The molecular weight excluding hydrogens is 686 g/mol. The molecule has 0 radical (unpaired) electrons. The number of aryl methyl sites for hydroxylation is 1. The van der Waals surface area contributed by atoms with Gasteiger partial charge in [-0.1, -0.05) is 79.4 Å². The summed E-state index contributed by atoms with van der Waals surface area (Å²) in [5.74, 6) is -0.593. The molecule has 0 bridgehead atoms. The molecule has 294 valence electrons. The quantitative estimate of drug-likeness (QED) is 0.114. The second-order valence-electron chi connectivity index (χ2n) is 13.9. The smallest absolute Gasteiger partial charge is 0.245 e. The van der Waals surface area contributed by atoms with Crippen LogP contribution >= 0.6 is 0 Å². The van der Waals surface area contributed by atoms with E-state index >= 15 is 0 Å². The van der Waals surface area contributed by atoms with Gasteiger partial charge in [0.15, 0.2) is 5.78 Å². The van der Waals surface area contributed by atoms with Gasteiger partial charge in [-0.2, -0.15) is 0 Å². The second-order valence-corrected chi connectivity index (χ2v) is 13.9. The van der Waals surface area contributed by atoms with Crippen LogP contribution in [0.4, 0.5) is 4.39 Å². The largest absolute Gasteiger partial charge is 0.379 e. The van der Waals surface area contributed by atoms with E-state index in [2.05, 4.69) is 27.5 Å². The van der Waals surface area contributed by atoms with Crippen molar-refractivity contribution < 1.29 is 28.2 Å². The number of ketones is 1. The average Bonchev–Trinajstić information content (AvgIpc) is 3.58. The maximum atomic E-state index is 12.4. The van der Waals surface area contributed by atoms with Crippen molar-refractivity contribution >= 4 is 18.0 Å². The molecule has 4 aromatic rings. The molecular formula is C43H60FN5O5. The summed E-state index contributed by atoms with van der Waals surface area (Å²) in [4.78, 5) is 39.0. The molecule has 10 nitrogen and oxygen atoms in total. The van der Waals surface area contributed by atoms with Crippen molar-refractivity contribution in [2.45, 2.75) is 84.7 Å². The second kappa shape index (κ2) is 25.1. The van der Waals surface area contributed by atoms with Crippen molar-refractivity contribution in [3.05, 3.63) is 138 Å². The van der Waals surface area contributed by atoms with Crippen LogP contribution in [0.1, 0.15) is 70.0 Å². The summed E-state index contributed by atoms with van der Waals surface area (Å²) in [6.45, 7) is 17.8. The van der Waals surface area contributed by atoms with Gasteiger partial charge in [0.25, 0.3) is 0 Å². The Morgan fingerprint density at radius 2 is 1.52 bits per heavy atom. The number of hydrogen-bond acceptors (Lipinski definition) is 8. The lowest BCUT2D eigenvalue weighted by molar-refractivity contribution is -0.131. The third-order valence-corrected chi connectivity index (χ3v) is 7.73. The summed E-state index contributed by atoms with van der Waals surface area (Å²) in [5.41, 5.74) is 3.28. The molecule has 54 heavy (non-hydrogen) atoms. The summed E-state index contributed by atoms with van der Waals surface area (Å²) in [6.07, 6.45) is 6.88. The van der Waals surface area contributed by atoms with Crippen molar-refractivity contribution in [2.24, 2.45) is 0 Å². The van der Waals surface area contributed by atoms with Crippen LogP contribution in [0.3, 0.4) is 0 Å². The first-order chi connectivity index (χ1) is 25.6. The average molecular weight is 746 g/mol. The highest BCUT2D eigenvalue weighted by Gasteiger charge is 2.29. The number of nitrogens with one attached hydrogen (secondary N) is 3. The fraction of sp³-hybridized carbons (Fsp3) is 0.395. The van der Waals surface area contributed by atoms with Crippen molar-refractivity contribution in [1.82, 2.24) is 25.5 Å². The van der Waals surface area contributed by atoms with E-state index in [9.17, 15) is 18.8 Å². The molecule has 0 spiro atoms. The number of carbonyl (C=O) groups excluding carboxylic acids is 3. The standard InChI is InChI=1S/C17H24N2O3.C12H12N2O.C9H12FN.C5H12O/c1-5-18-17(3,4)16(21)19-15(13(2)20)12-22-11-14-9-7-6-8-10-14;1-10-7-14(9-13-10)12(8-15)11-5-3-2-4-6-11;1-11-7-6-8-2-4-9(10)5-3-8;1-5(2,3)6-4/h5-10,15,18H,1,11-12H2,2-4H3,(H,19,21);2-9,12H,1H3;2-5,11H,6-7H2,1H3;1-4H3. The number of ether oxygens (including phenoxy) is 2. The maximum absolute atomic E-state index is 12.4. The molecule has 1 amide bonds. The molecule has 0 saturated heterocycles. The van der Waals surface area contributed by atoms with E-state index in [-0.39, 0.29) is 35.8 Å². The van der Waals surface area contributed by atoms with E-state index in [0.29, 0.717) is 6.61 Å². The van der Waals surface area contributed by atoms with Crippen LogP contribution in [0, 0.1) is 12.7 Å². The Hall–Kier alpha value is -4.97. The van der Waals surface area contributed by atoms with Gasteiger partial charge in [0.1, 0.15) is 29.7 Å². The number of aldehydes is 1. The van der Waals surface area contributed by atoms with Gasteiger partial charge in [0, 0.05) is 13.3 Å². The number of aromatic nitrogens is 2. The van der Waals surface area contributed by atoms with E-state index in [0.717, 1.165) is 36.1 Å². The molecule has 2 atom stereocenters. The van der Waals surface area contributed by atoms with Crippen LogP contribution in [0.2, 0.25) is 0 Å². The summed E-state index contributed by atoms with van der Waals surface area (Å²) < 4.78 is 24.7. The molecule has 0 aliphatic heterocycles. The third-order valence-electron chi connectivity index (χ3n) is 7.73. The number of likely N-dealkylation sites (N-methyl/N-ethyl adjacent to an activating group) is 1. The van der Waals surface area contributed by atoms with Gasteiger partial charge in [-0.3, -0.25) is 9.59 Å². The molecule has 11 heteroatoms. The number of methoxy groups -OCH3 is 1. The Balaban J connectivity index is 0.000000394. The summed E-state index contributed by atoms with van der Waals surface area (Å²) >= 11 is 0. The molecule has 3 aromatic carbocycles. The van der Waals surface area contributed by atoms with Crippen LogP contribution in [0.25, 0.3) is 0 Å². The minimum Gasteiger partial charge on any atom is -0.379 e. The van der Waals surface area contributed by atoms with E-state index in [1.165, 1.54) is 30.8 Å². The SMILES string of the molecule is C=CNC(C)(C)C(=O)NC(COCc1ccccc1)C(C)=O.CNCCc1ccc(F)cc1.COC(C)(C)C.Cc1cn(C(C=O)c2ccccc2)cn1. The Labute approximate surface area is 321 Å². The number of halogens is 1. The highest BCUT2D eigenvalue weighted by Crippen LogP contribution is 2.16. The Kier molecular flexibility index (Phi) is 21.9. The minimum absolute atomic E-state index is 0.0417. The lowest BCUT2D eigenvalue weighted by atomic mass is 10.0. The monoisotopic (exact) mass is 745 g/mol. The Morgan fingerprint density at radius 3 is 1.98 bits per heavy atom. The Morgan fingerprint density at radius 1 is 0.944 bits per heavy atom. The number of Topliss-reactive ketones (excluding diaryl/α,β-unsaturated/α-hetero) is 1. The zero-order chi connectivity index (χ0) is 40.6. The van der Waals surface area contributed by atoms with Crippen molar-refractivity contribution in [3.8, 4) is 0 Å². The van der Waals surface area contributed by atoms with Crippen LogP contribution < -0.4 is 16.0 Å². The molecule has 1 aromatic heterocycles. The predicted molar refractivity (Wildman–Crippen MR) is 215 cm³/mol. The lowest BCUT2D eigenvalue weighted by Gasteiger charge is -2.26. The normalized spacial score (nSPS) is 11.8. The van der Waals surface area contributed by atoms with Gasteiger partial charge < -0.3 is 34.8 Å². The van der Waals surface area contributed by atoms with E-state index in [1.54, 1.807) is 27.3 Å². The fourth-order valence-electron chi connectivity index (χ4n) is 4.27. The molecule has 3 N–H and O–H groups in total. The van der Waals surface area contributed by atoms with Crippen molar-refractivity contribution in [2.75, 3.05) is 27.3 Å². The molecule has 0 aliphatic rings. The number of hydrogen-bond donors (Lipinski definition) is 3.